The van der Waals surface area contributed by atoms with E-state index in [1.807, 2.05) is 24.3 Å². The molecule has 1 heterocycles. The molecule has 9 heteroatoms. The van der Waals surface area contributed by atoms with E-state index in [4.69, 9.17) is 34.8 Å². The van der Waals surface area contributed by atoms with Crippen LogP contribution in [0.1, 0.15) is 15.9 Å². The fourth-order valence-corrected chi connectivity index (χ4v) is 4.32. The van der Waals surface area contributed by atoms with Gasteiger partial charge in [-0.25, -0.2) is 0 Å². The van der Waals surface area contributed by atoms with Crippen molar-refractivity contribution in [3.63, 3.8) is 0 Å². The highest BCUT2D eigenvalue weighted by molar-refractivity contribution is 8.00. The molecule has 0 aliphatic heterocycles. The van der Waals surface area contributed by atoms with Gasteiger partial charge in [-0.1, -0.05) is 76.1 Å². The van der Waals surface area contributed by atoms with E-state index < -0.39 is 0 Å². The molecular weight excluding hydrogens is 421 g/mol. The van der Waals surface area contributed by atoms with Crippen LogP contribution in [0.15, 0.2) is 46.8 Å². The fraction of sp³-hybridized carbons (Fsp3) is 0.0625. The summed E-state index contributed by atoms with van der Waals surface area (Å²) in [6, 6.07) is 12.3. The van der Waals surface area contributed by atoms with E-state index >= 15 is 0 Å². The lowest BCUT2D eigenvalue weighted by Crippen LogP contribution is -2.12. The molecule has 0 radical (unpaired) electrons. The van der Waals surface area contributed by atoms with Crippen LogP contribution in [0.5, 0.6) is 0 Å². The Kier molecular flexibility index (Phi) is 6.19. The van der Waals surface area contributed by atoms with Gasteiger partial charge in [0.1, 0.15) is 0 Å². The highest BCUT2D eigenvalue weighted by Gasteiger charge is 2.14. The third kappa shape index (κ3) is 4.86. The van der Waals surface area contributed by atoms with Crippen LogP contribution in [0.25, 0.3) is 0 Å². The molecule has 3 aromatic rings. The summed E-state index contributed by atoms with van der Waals surface area (Å²) in [7, 11) is 0. The number of nitrogens with zero attached hydrogens (tertiary/aromatic N) is 2. The zero-order valence-corrected chi connectivity index (χ0v) is 16.4. The number of rotatable bonds is 5. The molecule has 0 bridgehead atoms. The van der Waals surface area contributed by atoms with Gasteiger partial charge in [0, 0.05) is 15.8 Å². The van der Waals surface area contributed by atoms with Crippen LogP contribution in [0.3, 0.4) is 0 Å². The smallest absolute Gasteiger partial charge is 0.259 e. The topological polar surface area (TPSA) is 54.9 Å². The Morgan fingerprint density at radius 2 is 1.88 bits per heavy atom. The van der Waals surface area contributed by atoms with E-state index in [9.17, 15) is 4.79 Å². The summed E-state index contributed by atoms with van der Waals surface area (Å²) in [6.07, 6.45) is 0. The molecule has 128 valence electrons. The van der Waals surface area contributed by atoms with Gasteiger partial charge >= 0.3 is 0 Å². The Hall–Kier alpha value is -1.31. The van der Waals surface area contributed by atoms with Gasteiger partial charge in [-0.2, -0.15) is 0 Å². The second kappa shape index (κ2) is 8.38. The maximum absolute atomic E-state index is 12.3. The number of amides is 1. The molecule has 1 aromatic heterocycles. The minimum atomic E-state index is -0.383. The van der Waals surface area contributed by atoms with E-state index in [-0.39, 0.29) is 11.5 Å². The van der Waals surface area contributed by atoms with Crippen molar-refractivity contribution in [2.75, 3.05) is 5.32 Å². The summed E-state index contributed by atoms with van der Waals surface area (Å²) in [5.41, 5.74) is 1.30. The number of thioether (sulfide) groups is 1. The summed E-state index contributed by atoms with van der Waals surface area (Å²) in [5, 5.41) is 12.6. The van der Waals surface area contributed by atoms with Crippen LogP contribution < -0.4 is 5.32 Å². The van der Waals surface area contributed by atoms with E-state index in [0.717, 1.165) is 9.90 Å². The molecule has 4 nitrogen and oxygen atoms in total. The summed E-state index contributed by atoms with van der Waals surface area (Å²) in [5.74, 6) is 0.286. The van der Waals surface area contributed by atoms with Crippen molar-refractivity contribution in [2.45, 2.75) is 10.1 Å². The van der Waals surface area contributed by atoms with Crippen molar-refractivity contribution in [3.05, 3.63) is 68.7 Å². The first-order valence-corrected chi connectivity index (χ1v) is 9.92. The molecule has 0 aliphatic rings. The molecule has 2 aromatic carbocycles. The Balaban J connectivity index is 1.64. The number of anilines is 1. The van der Waals surface area contributed by atoms with Crippen molar-refractivity contribution < 1.29 is 4.79 Å². The van der Waals surface area contributed by atoms with E-state index in [1.165, 1.54) is 29.2 Å². The average Bonchev–Trinajstić information content (AvgIpc) is 3.03. The predicted octanol–water partition coefficient (Wildman–Crippen LogP) is 6.04. The number of aromatic nitrogens is 2. The minimum Gasteiger partial charge on any atom is -0.296 e. The van der Waals surface area contributed by atoms with Gasteiger partial charge in [0.2, 0.25) is 5.13 Å². The lowest BCUT2D eigenvalue weighted by atomic mass is 10.2. The predicted molar refractivity (Wildman–Crippen MR) is 105 cm³/mol. The quantitative estimate of drug-likeness (QED) is 0.396. The van der Waals surface area contributed by atoms with Gasteiger partial charge < -0.3 is 0 Å². The van der Waals surface area contributed by atoms with Crippen LogP contribution in [-0.4, -0.2) is 16.1 Å². The molecule has 0 aliphatic carbocycles. The highest BCUT2D eigenvalue weighted by Crippen LogP contribution is 2.31. The van der Waals surface area contributed by atoms with Crippen molar-refractivity contribution in [2.24, 2.45) is 0 Å². The van der Waals surface area contributed by atoms with Gasteiger partial charge in [-0.05, 0) is 29.8 Å². The number of benzene rings is 2. The maximum atomic E-state index is 12.3. The van der Waals surface area contributed by atoms with Gasteiger partial charge in [0.25, 0.3) is 5.91 Å². The third-order valence-electron chi connectivity index (χ3n) is 3.11. The number of carbonyl (C=O) groups is 1. The summed E-state index contributed by atoms with van der Waals surface area (Å²) >= 11 is 20.8. The van der Waals surface area contributed by atoms with Gasteiger partial charge in [-0.3, -0.25) is 10.1 Å². The van der Waals surface area contributed by atoms with Gasteiger partial charge in [0.15, 0.2) is 4.34 Å². The van der Waals surface area contributed by atoms with E-state index in [0.29, 0.717) is 26.0 Å². The molecule has 0 spiro atoms. The summed E-state index contributed by atoms with van der Waals surface area (Å²) in [6.45, 7) is 0. The number of halogens is 3. The molecule has 1 amide bonds. The van der Waals surface area contributed by atoms with Crippen LogP contribution in [-0.2, 0) is 5.75 Å². The van der Waals surface area contributed by atoms with Crippen LogP contribution in [0.4, 0.5) is 5.13 Å². The van der Waals surface area contributed by atoms with Crippen molar-refractivity contribution in [3.8, 4) is 0 Å². The third-order valence-corrected chi connectivity index (χ3v) is 6.06. The largest absolute Gasteiger partial charge is 0.296 e. The Bertz CT molecular complexity index is 917. The van der Waals surface area contributed by atoms with Gasteiger partial charge in [-0.15, -0.1) is 10.2 Å². The van der Waals surface area contributed by atoms with Gasteiger partial charge in [0.05, 0.1) is 10.6 Å². The summed E-state index contributed by atoms with van der Waals surface area (Å²) in [4.78, 5) is 12.3. The molecule has 0 saturated carbocycles. The SMILES string of the molecule is O=C(Nc1nnc(SCc2ccccc2Cl)s1)c1cc(Cl)ccc1Cl. The first-order chi connectivity index (χ1) is 12.0. The van der Waals surface area contributed by atoms with E-state index in [1.54, 1.807) is 12.1 Å². The van der Waals surface area contributed by atoms with Crippen LogP contribution >= 0.6 is 57.9 Å². The molecule has 0 fully saturated rings. The molecule has 0 saturated heterocycles. The average molecular weight is 431 g/mol. The number of hydrogen-bond donors (Lipinski definition) is 1. The molecular formula is C16H10Cl3N3OS2. The number of hydrogen-bond acceptors (Lipinski definition) is 5. The van der Waals surface area contributed by atoms with Crippen molar-refractivity contribution in [1.82, 2.24) is 10.2 Å². The normalized spacial score (nSPS) is 10.7. The molecule has 3 rings (SSSR count). The lowest BCUT2D eigenvalue weighted by Gasteiger charge is -2.04. The molecule has 0 atom stereocenters. The zero-order valence-electron chi connectivity index (χ0n) is 12.5. The van der Waals surface area contributed by atoms with Crippen molar-refractivity contribution >= 4 is 68.9 Å². The molecule has 0 unspecified atom stereocenters. The number of nitrogens with one attached hydrogen (secondary N) is 1. The standard InChI is InChI=1S/C16H10Cl3N3OS2/c17-10-5-6-13(19)11(7-10)14(23)20-15-21-22-16(25-15)24-8-9-3-1-2-4-12(9)18/h1-7H,8H2,(H,20,21,23). The number of carbonyl (C=O) groups excluding carboxylic acids is 1. The van der Waals surface area contributed by atoms with Crippen molar-refractivity contribution in [1.29, 1.82) is 0 Å². The first kappa shape index (κ1) is 18.5. The molecule has 25 heavy (non-hydrogen) atoms. The van der Waals surface area contributed by atoms with E-state index in [2.05, 4.69) is 15.5 Å². The monoisotopic (exact) mass is 429 g/mol. The Labute approximate surface area is 167 Å². The van der Waals surface area contributed by atoms with Crippen LogP contribution in [0.2, 0.25) is 15.1 Å². The fourth-order valence-electron chi connectivity index (χ4n) is 1.91. The first-order valence-electron chi connectivity index (χ1n) is 6.99. The Morgan fingerprint density at radius 1 is 1.08 bits per heavy atom. The second-order valence-electron chi connectivity index (χ2n) is 4.83. The summed E-state index contributed by atoms with van der Waals surface area (Å²) < 4.78 is 0.729. The maximum Gasteiger partial charge on any atom is 0.259 e. The van der Waals surface area contributed by atoms with Crippen LogP contribution in [0, 0.1) is 0 Å². The Morgan fingerprint density at radius 3 is 2.68 bits per heavy atom. The minimum absolute atomic E-state index is 0.287. The highest BCUT2D eigenvalue weighted by atomic mass is 35.5. The second-order valence-corrected chi connectivity index (χ2v) is 8.28. The zero-order chi connectivity index (χ0) is 17.8. The molecule has 1 N–H and O–H groups in total. The lowest BCUT2D eigenvalue weighted by molar-refractivity contribution is 0.102.